The third kappa shape index (κ3) is 36.6. The summed E-state index contributed by atoms with van der Waals surface area (Å²) in [4.78, 5) is 37.4. The molecule has 0 aliphatic rings. The molecule has 0 aromatic heterocycles. The number of carbonyl (C=O) groups excluding carboxylic acids is 3. The predicted octanol–water partition coefficient (Wildman–Crippen LogP) is 12.8. The number of carbonyl (C=O) groups is 3. The molecule has 0 radical (unpaired) electrons. The summed E-state index contributed by atoms with van der Waals surface area (Å²) in [5.41, 5.74) is 0. The van der Waals surface area contributed by atoms with Crippen molar-refractivity contribution < 1.29 is 28.6 Å². The molecular weight excluding hydrogens is 624 g/mol. The van der Waals surface area contributed by atoms with Gasteiger partial charge in [0.05, 0.1) is 0 Å². The van der Waals surface area contributed by atoms with Crippen LogP contribution in [-0.4, -0.2) is 37.2 Å². The summed E-state index contributed by atoms with van der Waals surface area (Å²) in [5, 5.41) is 0. The molecule has 1 atom stereocenters. The van der Waals surface area contributed by atoms with Gasteiger partial charge in [-0.2, -0.15) is 0 Å². The summed E-state index contributed by atoms with van der Waals surface area (Å²) in [6.45, 7) is 6.38. The fourth-order valence-electron chi connectivity index (χ4n) is 5.43. The molecule has 0 aromatic carbocycles. The van der Waals surface area contributed by atoms with Crippen LogP contribution in [-0.2, 0) is 28.6 Å². The van der Waals surface area contributed by atoms with Crippen molar-refractivity contribution in [3.63, 3.8) is 0 Å². The molecule has 0 amide bonds. The largest absolute Gasteiger partial charge is 0.462 e. The van der Waals surface area contributed by atoms with Crippen molar-refractivity contribution in [2.75, 3.05) is 13.2 Å². The molecule has 0 heterocycles. The number of unbranched alkanes of at least 4 members (excludes halogenated alkanes) is 17. The van der Waals surface area contributed by atoms with Crippen LogP contribution in [0.25, 0.3) is 0 Å². The van der Waals surface area contributed by atoms with Gasteiger partial charge >= 0.3 is 17.9 Å². The lowest BCUT2D eigenvalue weighted by Gasteiger charge is -2.18. The molecule has 0 spiro atoms. The smallest absolute Gasteiger partial charge is 0.306 e. The van der Waals surface area contributed by atoms with Gasteiger partial charge < -0.3 is 14.2 Å². The molecule has 0 aliphatic carbocycles. The second-order valence-electron chi connectivity index (χ2n) is 13.5. The van der Waals surface area contributed by atoms with E-state index in [9.17, 15) is 14.4 Å². The van der Waals surface area contributed by atoms with Crippen LogP contribution in [0.4, 0.5) is 0 Å². The summed E-state index contributed by atoms with van der Waals surface area (Å²) in [5.74, 6) is -0.986. The van der Waals surface area contributed by atoms with E-state index in [0.717, 1.165) is 64.2 Å². The Morgan fingerprint density at radius 1 is 0.420 bits per heavy atom. The molecule has 0 fully saturated rings. The van der Waals surface area contributed by atoms with Crippen LogP contribution < -0.4 is 0 Å². The highest BCUT2D eigenvalue weighted by atomic mass is 16.6. The molecule has 1 unspecified atom stereocenters. The molecule has 0 aliphatic heterocycles. The first kappa shape index (κ1) is 47.4. The van der Waals surface area contributed by atoms with Crippen molar-refractivity contribution in [2.45, 2.75) is 200 Å². The average molecular weight is 701 g/mol. The average Bonchev–Trinajstić information content (AvgIpc) is 3.11. The van der Waals surface area contributed by atoms with Gasteiger partial charge in [-0.15, -0.1) is 0 Å². The number of hydrogen-bond acceptors (Lipinski definition) is 6. The van der Waals surface area contributed by atoms with Gasteiger partial charge in [0.2, 0.25) is 0 Å². The lowest BCUT2D eigenvalue weighted by molar-refractivity contribution is -0.167. The second kappa shape index (κ2) is 39.2. The van der Waals surface area contributed by atoms with Crippen molar-refractivity contribution in [3.8, 4) is 0 Å². The van der Waals surface area contributed by atoms with Crippen molar-refractivity contribution in [1.29, 1.82) is 0 Å². The van der Waals surface area contributed by atoms with E-state index in [-0.39, 0.29) is 37.5 Å². The first-order valence-corrected chi connectivity index (χ1v) is 20.6. The number of esters is 3. The van der Waals surface area contributed by atoms with Gasteiger partial charge in [-0.25, -0.2) is 0 Å². The zero-order valence-corrected chi connectivity index (χ0v) is 32.7. The van der Waals surface area contributed by atoms with E-state index in [1.54, 1.807) is 0 Å². The van der Waals surface area contributed by atoms with Crippen LogP contribution >= 0.6 is 0 Å². The maximum atomic E-state index is 12.6. The molecular formula is C44H76O6. The summed E-state index contributed by atoms with van der Waals surface area (Å²) in [6, 6.07) is 0. The van der Waals surface area contributed by atoms with E-state index < -0.39 is 6.10 Å². The Morgan fingerprint density at radius 3 is 1.30 bits per heavy atom. The molecule has 0 bridgehead atoms. The number of hydrogen-bond donors (Lipinski definition) is 0. The topological polar surface area (TPSA) is 78.9 Å². The van der Waals surface area contributed by atoms with E-state index >= 15 is 0 Å². The van der Waals surface area contributed by atoms with Crippen LogP contribution in [0.1, 0.15) is 194 Å². The molecule has 0 saturated carbocycles. The van der Waals surface area contributed by atoms with Crippen molar-refractivity contribution in [1.82, 2.24) is 0 Å². The van der Waals surface area contributed by atoms with Crippen molar-refractivity contribution >= 4 is 17.9 Å². The van der Waals surface area contributed by atoms with Crippen LogP contribution in [0.5, 0.6) is 0 Å². The summed E-state index contributed by atoms with van der Waals surface area (Å²) >= 11 is 0. The molecule has 0 rings (SSSR count). The Labute approximate surface area is 307 Å². The highest BCUT2D eigenvalue weighted by Gasteiger charge is 2.19. The minimum absolute atomic E-state index is 0.0976. The third-order valence-corrected chi connectivity index (χ3v) is 8.54. The maximum absolute atomic E-state index is 12.6. The molecule has 0 aromatic rings. The van der Waals surface area contributed by atoms with E-state index in [0.29, 0.717) is 25.7 Å². The standard InChI is InChI=1S/C44H76O6/c1-4-7-10-13-16-19-20-21-22-23-26-28-31-34-37-43(46)49-40-41(50-44(47)38-35-32-29-25-18-15-12-9-6-3)39-48-42(45)36-33-30-27-24-17-14-11-8-5-2/h7,10,16,19,24-25,27,29,41H,4-6,8-9,11-15,17-18,20-23,26,28,30-40H2,1-3H3/b10-7-,19-16-,27-24-,29-25-. The number of rotatable bonds is 36. The maximum Gasteiger partial charge on any atom is 0.306 e. The fourth-order valence-corrected chi connectivity index (χ4v) is 5.43. The lowest BCUT2D eigenvalue weighted by atomic mass is 10.1. The Balaban J connectivity index is 4.40. The highest BCUT2D eigenvalue weighted by molar-refractivity contribution is 5.71. The van der Waals surface area contributed by atoms with Gasteiger partial charge in [-0.1, -0.05) is 140 Å². The summed E-state index contributed by atoms with van der Waals surface area (Å²) in [7, 11) is 0. The first-order valence-electron chi connectivity index (χ1n) is 20.6. The van der Waals surface area contributed by atoms with E-state index in [1.807, 2.05) is 0 Å². The van der Waals surface area contributed by atoms with Crippen LogP contribution in [0, 0.1) is 0 Å². The van der Waals surface area contributed by atoms with E-state index in [4.69, 9.17) is 14.2 Å². The van der Waals surface area contributed by atoms with Gasteiger partial charge in [0.15, 0.2) is 6.10 Å². The molecule has 0 saturated heterocycles. The van der Waals surface area contributed by atoms with E-state index in [1.165, 1.54) is 77.0 Å². The summed E-state index contributed by atoms with van der Waals surface area (Å²) in [6.07, 6.45) is 44.0. The van der Waals surface area contributed by atoms with Crippen LogP contribution in [0.15, 0.2) is 48.6 Å². The van der Waals surface area contributed by atoms with Gasteiger partial charge in [0.25, 0.3) is 0 Å². The Bertz CT molecular complexity index is 902. The fraction of sp³-hybridized carbons (Fsp3) is 0.750. The number of allylic oxidation sites excluding steroid dienone is 8. The van der Waals surface area contributed by atoms with Crippen LogP contribution in [0.2, 0.25) is 0 Å². The Hall–Kier alpha value is -2.63. The van der Waals surface area contributed by atoms with Crippen LogP contribution in [0.3, 0.4) is 0 Å². The Kier molecular flexibility index (Phi) is 37.1. The van der Waals surface area contributed by atoms with Gasteiger partial charge in [-0.05, 0) is 83.5 Å². The SMILES string of the molecule is CC/C=C\C/C=C\CCCCCCCCCC(=O)OCC(COC(=O)CCC/C=C\CCCCCC)OC(=O)CCC/C=C\CCCCCC. The highest BCUT2D eigenvalue weighted by Crippen LogP contribution is 2.12. The molecule has 6 heteroatoms. The molecule has 0 N–H and O–H groups in total. The minimum Gasteiger partial charge on any atom is -0.462 e. The normalized spacial score (nSPS) is 12.5. The predicted molar refractivity (Wildman–Crippen MR) is 210 cm³/mol. The zero-order chi connectivity index (χ0) is 36.6. The first-order chi connectivity index (χ1) is 24.5. The number of ether oxygens (including phenoxy) is 3. The van der Waals surface area contributed by atoms with E-state index in [2.05, 4.69) is 69.4 Å². The van der Waals surface area contributed by atoms with Crippen molar-refractivity contribution in [2.24, 2.45) is 0 Å². The van der Waals surface area contributed by atoms with Gasteiger partial charge in [0, 0.05) is 19.3 Å². The van der Waals surface area contributed by atoms with Crippen molar-refractivity contribution in [3.05, 3.63) is 48.6 Å². The molecule has 6 nitrogen and oxygen atoms in total. The Morgan fingerprint density at radius 2 is 0.800 bits per heavy atom. The molecule has 288 valence electrons. The molecule has 50 heavy (non-hydrogen) atoms. The lowest BCUT2D eigenvalue weighted by Crippen LogP contribution is -2.30. The van der Waals surface area contributed by atoms with Gasteiger partial charge in [0.1, 0.15) is 13.2 Å². The minimum atomic E-state index is -0.796. The monoisotopic (exact) mass is 701 g/mol. The second-order valence-corrected chi connectivity index (χ2v) is 13.5. The zero-order valence-electron chi connectivity index (χ0n) is 32.7. The van der Waals surface area contributed by atoms with Gasteiger partial charge in [-0.3, -0.25) is 14.4 Å². The quantitative estimate of drug-likeness (QED) is 0.0280. The summed E-state index contributed by atoms with van der Waals surface area (Å²) < 4.78 is 16.5. The third-order valence-electron chi connectivity index (χ3n) is 8.54.